The van der Waals surface area contributed by atoms with Crippen molar-refractivity contribution in [2.45, 2.75) is 51.3 Å². The molecular weight excluding hydrogens is 234 g/mol. The number of hydrogen-bond acceptors (Lipinski definition) is 2. The van der Waals surface area contributed by atoms with Crippen molar-refractivity contribution in [2.24, 2.45) is 0 Å². The fourth-order valence-corrected chi connectivity index (χ4v) is 2.49. The summed E-state index contributed by atoms with van der Waals surface area (Å²) in [5, 5.41) is 13.8. The molecule has 1 saturated heterocycles. The van der Waals surface area contributed by atoms with Crippen molar-refractivity contribution in [3.05, 3.63) is 35.4 Å². The topological polar surface area (TPSA) is 32.3 Å². The zero-order valence-corrected chi connectivity index (χ0v) is 11.6. The quantitative estimate of drug-likeness (QED) is 0.852. The second kappa shape index (κ2) is 5.38. The third-order valence-corrected chi connectivity index (χ3v) is 3.42. The van der Waals surface area contributed by atoms with Gasteiger partial charge >= 0.3 is 0 Å². The lowest BCUT2D eigenvalue weighted by molar-refractivity contribution is 0.131. The second-order valence-electron chi connectivity index (χ2n) is 5.53. The summed E-state index contributed by atoms with van der Waals surface area (Å²) in [6, 6.07) is 8.33. The zero-order chi connectivity index (χ0) is 11.8. The molecule has 3 heteroatoms. The van der Waals surface area contributed by atoms with Crippen LogP contribution in [0.25, 0.3) is 0 Å². The van der Waals surface area contributed by atoms with E-state index in [0.29, 0.717) is 0 Å². The van der Waals surface area contributed by atoms with Crippen LogP contribution in [0.5, 0.6) is 0 Å². The molecule has 0 aliphatic carbocycles. The molecule has 1 aromatic carbocycles. The molecule has 0 saturated carbocycles. The average Bonchev–Trinajstić information content (AvgIpc) is 2.58. The van der Waals surface area contributed by atoms with Gasteiger partial charge in [-0.15, -0.1) is 12.4 Å². The maximum atomic E-state index is 10.3. The molecule has 0 aromatic heterocycles. The largest absolute Gasteiger partial charge is 0.387 e. The van der Waals surface area contributed by atoms with Gasteiger partial charge in [0.05, 0.1) is 6.10 Å². The number of nitrogens with one attached hydrogen (secondary N) is 1. The smallest absolute Gasteiger partial charge is 0.0943 e. The molecule has 17 heavy (non-hydrogen) atoms. The minimum absolute atomic E-state index is 0. The first-order chi connectivity index (χ1) is 7.48. The Bertz CT molecular complexity index is 378. The minimum atomic E-state index is -0.387. The van der Waals surface area contributed by atoms with Crippen LogP contribution in [0.1, 0.15) is 43.9 Å². The molecule has 1 fully saturated rings. The van der Waals surface area contributed by atoms with Gasteiger partial charge in [0.2, 0.25) is 0 Å². The van der Waals surface area contributed by atoms with Gasteiger partial charge in [0.25, 0.3) is 0 Å². The van der Waals surface area contributed by atoms with Crippen molar-refractivity contribution in [3.8, 4) is 0 Å². The second-order valence-corrected chi connectivity index (χ2v) is 5.53. The zero-order valence-electron chi connectivity index (χ0n) is 10.7. The van der Waals surface area contributed by atoms with E-state index < -0.39 is 0 Å². The van der Waals surface area contributed by atoms with E-state index in [-0.39, 0.29) is 30.1 Å². The van der Waals surface area contributed by atoms with Crippen LogP contribution >= 0.6 is 12.4 Å². The number of aliphatic hydroxyl groups is 1. The van der Waals surface area contributed by atoms with Crippen molar-refractivity contribution in [3.63, 3.8) is 0 Å². The Morgan fingerprint density at radius 2 is 2.12 bits per heavy atom. The van der Waals surface area contributed by atoms with Gasteiger partial charge in [-0.25, -0.2) is 0 Å². The van der Waals surface area contributed by atoms with E-state index in [1.807, 2.05) is 12.1 Å². The van der Waals surface area contributed by atoms with E-state index >= 15 is 0 Å². The molecule has 0 radical (unpaired) electrons. The van der Waals surface area contributed by atoms with Crippen molar-refractivity contribution in [2.75, 3.05) is 0 Å². The molecule has 1 aliphatic heterocycles. The summed E-state index contributed by atoms with van der Waals surface area (Å²) in [5.41, 5.74) is 2.39. The molecule has 96 valence electrons. The normalized spacial score (nSPS) is 24.1. The van der Waals surface area contributed by atoms with Gasteiger partial charge in [-0.3, -0.25) is 0 Å². The Morgan fingerprint density at radius 3 is 2.65 bits per heavy atom. The summed E-state index contributed by atoms with van der Waals surface area (Å²) in [6.45, 7) is 6.44. The summed E-state index contributed by atoms with van der Waals surface area (Å²) in [6.07, 6.45) is 1.78. The van der Waals surface area contributed by atoms with Gasteiger partial charge < -0.3 is 10.4 Å². The monoisotopic (exact) mass is 255 g/mol. The molecule has 1 aliphatic rings. The lowest BCUT2D eigenvalue weighted by Gasteiger charge is -2.24. The Kier molecular flexibility index (Phi) is 4.59. The summed E-state index contributed by atoms with van der Waals surface area (Å²) in [7, 11) is 0. The van der Waals surface area contributed by atoms with Gasteiger partial charge in [0.1, 0.15) is 0 Å². The first kappa shape index (κ1) is 14.5. The summed E-state index contributed by atoms with van der Waals surface area (Å²) >= 11 is 0. The summed E-state index contributed by atoms with van der Waals surface area (Å²) in [4.78, 5) is 0. The van der Waals surface area contributed by atoms with Crippen LogP contribution in [0.15, 0.2) is 24.3 Å². The maximum Gasteiger partial charge on any atom is 0.0943 e. The molecule has 2 atom stereocenters. The van der Waals surface area contributed by atoms with E-state index in [9.17, 15) is 5.11 Å². The number of benzene rings is 1. The fraction of sp³-hybridized carbons (Fsp3) is 0.571. The highest BCUT2D eigenvalue weighted by Crippen LogP contribution is 2.30. The van der Waals surface area contributed by atoms with Gasteiger partial charge in [-0.2, -0.15) is 0 Å². The van der Waals surface area contributed by atoms with Gasteiger partial charge in [0.15, 0.2) is 0 Å². The Morgan fingerprint density at radius 1 is 1.41 bits per heavy atom. The molecule has 2 N–H and O–H groups in total. The predicted octanol–water partition coefficient (Wildman–Crippen LogP) is 2.98. The van der Waals surface area contributed by atoms with Gasteiger partial charge in [-0.1, -0.05) is 29.8 Å². The lowest BCUT2D eigenvalue weighted by atomic mass is 9.99. The molecule has 0 amide bonds. The third-order valence-electron chi connectivity index (χ3n) is 3.42. The first-order valence-electron chi connectivity index (χ1n) is 6.00. The van der Waals surface area contributed by atoms with E-state index in [0.717, 1.165) is 18.4 Å². The lowest BCUT2D eigenvalue weighted by Crippen LogP contribution is -2.40. The third kappa shape index (κ3) is 3.44. The standard InChI is InChI=1S/C14H21NO.ClH/c1-10-5-4-6-11(9-10)13(16)12-7-8-14(2,3)15-12;/h4-6,9,12-13,15-16H,7-8H2,1-3H3;1H. The maximum absolute atomic E-state index is 10.3. The molecule has 2 unspecified atom stereocenters. The SMILES string of the molecule is Cc1cccc(C(O)C2CCC(C)(C)N2)c1.Cl. The molecule has 0 spiro atoms. The number of aliphatic hydroxyl groups excluding tert-OH is 1. The Balaban J connectivity index is 0.00000144. The summed E-state index contributed by atoms with van der Waals surface area (Å²) < 4.78 is 0. The highest BCUT2D eigenvalue weighted by atomic mass is 35.5. The molecule has 2 nitrogen and oxygen atoms in total. The van der Waals surface area contributed by atoms with Gasteiger partial charge in [0, 0.05) is 11.6 Å². The minimum Gasteiger partial charge on any atom is -0.387 e. The van der Waals surface area contributed by atoms with E-state index in [2.05, 4.69) is 38.2 Å². The number of hydrogen-bond donors (Lipinski definition) is 2. The molecule has 1 heterocycles. The van der Waals surface area contributed by atoms with E-state index in [4.69, 9.17) is 0 Å². The number of aryl methyl sites for hydroxylation is 1. The highest BCUT2D eigenvalue weighted by Gasteiger charge is 2.34. The van der Waals surface area contributed by atoms with Crippen molar-refractivity contribution in [1.29, 1.82) is 0 Å². The summed E-state index contributed by atoms with van der Waals surface area (Å²) in [5.74, 6) is 0. The Labute approximate surface area is 110 Å². The van der Waals surface area contributed by atoms with Crippen LogP contribution in [-0.2, 0) is 0 Å². The number of halogens is 1. The van der Waals surface area contributed by atoms with E-state index in [1.165, 1.54) is 5.56 Å². The molecular formula is C14H22ClNO. The number of rotatable bonds is 2. The highest BCUT2D eigenvalue weighted by molar-refractivity contribution is 5.85. The van der Waals surface area contributed by atoms with Crippen LogP contribution < -0.4 is 5.32 Å². The molecule has 0 bridgehead atoms. The van der Waals surface area contributed by atoms with Crippen LogP contribution in [0.2, 0.25) is 0 Å². The van der Waals surface area contributed by atoms with Crippen LogP contribution in [-0.4, -0.2) is 16.7 Å². The van der Waals surface area contributed by atoms with Gasteiger partial charge in [-0.05, 0) is 39.2 Å². The average molecular weight is 256 g/mol. The fourth-order valence-electron chi connectivity index (χ4n) is 2.49. The van der Waals surface area contributed by atoms with Crippen molar-refractivity contribution in [1.82, 2.24) is 5.32 Å². The predicted molar refractivity (Wildman–Crippen MR) is 73.6 cm³/mol. The molecule has 1 aromatic rings. The van der Waals surface area contributed by atoms with Crippen molar-refractivity contribution >= 4 is 12.4 Å². The molecule has 2 rings (SSSR count). The van der Waals surface area contributed by atoms with Crippen molar-refractivity contribution < 1.29 is 5.11 Å². The van der Waals surface area contributed by atoms with Crippen LogP contribution in [0.3, 0.4) is 0 Å². The van der Waals surface area contributed by atoms with Crippen LogP contribution in [0.4, 0.5) is 0 Å². The Hall–Kier alpha value is -0.570. The van der Waals surface area contributed by atoms with Crippen LogP contribution in [0, 0.1) is 6.92 Å². The first-order valence-corrected chi connectivity index (χ1v) is 6.00. The van der Waals surface area contributed by atoms with E-state index in [1.54, 1.807) is 0 Å².